The average Bonchev–Trinajstić information content (AvgIpc) is 2.52. The summed E-state index contributed by atoms with van der Waals surface area (Å²) in [4.78, 5) is 31.5. The number of hydrogen-bond acceptors (Lipinski definition) is 5. The zero-order chi connectivity index (χ0) is 19.1. The number of carbonyl (C=O) groups is 3. The van der Waals surface area contributed by atoms with E-state index >= 15 is 0 Å². The number of ether oxygens (including phenoxy) is 1. The van der Waals surface area contributed by atoms with Crippen molar-refractivity contribution in [2.24, 2.45) is 0 Å². The fourth-order valence-electron chi connectivity index (χ4n) is 1.52. The quantitative estimate of drug-likeness (QED) is 0.542. The van der Waals surface area contributed by atoms with Crippen molar-refractivity contribution in [3.05, 3.63) is 57.6 Å². The summed E-state index contributed by atoms with van der Waals surface area (Å²) in [5.41, 5.74) is 0.0394. The van der Waals surface area contributed by atoms with Crippen LogP contribution in [0.4, 0.5) is 0 Å². The topological polar surface area (TPSA) is 121 Å². The Bertz CT molecular complexity index is 818. The summed E-state index contributed by atoms with van der Waals surface area (Å²) in [6, 6.07) is 7.66. The van der Waals surface area contributed by atoms with Crippen LogP contribution in [0.3, 0.4) is 0 Å². The van der Waals surface area contributed by atoms with E-state index in [2.05, 4.69) is 0 Å². The molecule has 0 saturated heterocycles. The van der Waals surface area contributed by atoms with E-state index in [1.807, 2.05) is 0 Å². The van der Waals surface area contributed by atoms with Crippen LogP contribution in [0.1, 0.15) is 27.6 Å². The first-order valence-electron chi connectivity index (χ1n) is 6.55. The number of benzene rings is 2. The lowest BCUT2D eigenvalue weighted by atomic mass is 10.2. The first-order valence-corrected chi connectivity index (χ1v) is 7.30. The number of esters is 1. The number of aromatic hydroxyl groups is 1. The second kappa shape index (κ2) is 8.91. The highest BCUT2D eigenvalue weighted by Crippen LogP contribution is 2.25. The smallest absolute Gasteiger partial charge is 0.335 e. The third-order valence-electron chi connectivity index (χ3n) is 2.62. The van der Waals surface area contributed by atoms with Crippen LogP contribution in [0.15, 0.2) is 36.4 Å². The van der Waals surface area contributed by atoms with E-state index in [0.29, 0.717) is 0 Å². The fourth-order valence-corrected chi connectivity index (χ4v) is 1.79. The largest absolute Gasteiger partial charge is 0.506 e. The molecule has 0 spiro atoms. The average molecular weight is 387 g/mol. The SMILES string of the molecule is CC(=O)Oc1cc(C(=O)O)ccc1Cl.O=C(O)c1ccc(Cl)c(O)c1. The van der Waals surface area contributed by atoms with Crippen molar-refractivity contribution in [3.63, 3.8) is 0 Å². The van der Waals surface area contributed by atoms with Gasteiger partial charge in [-0.3, -0.25) is 4.79 Å². The molecule has 0 atom stereocenters. The predicted molar refractivity (Wildman–Crippen MR) is 89.8 cm³/mol. The second-order valence-electron chi connectivity index (χ2n) is 4.52. The highest BCUT2D eigenvalue weighted by atomic mass is 35.5. The minimum absolute atomic E-state index is 0.0191. The zero-order valence-corrected chi connectivity index (χ0v) is 14.2. The number of carboxylic acid groups (broad SMARTS) is 2. The molecule has 0 aliphatic carbocycles. The van der Waals surface area contributed by atoms with Crippen LogP contribution in [0, 0.1) is 0 Å². The summed E-state index contributed by atoms with van der Waals surface area (Å²) >= 11 is 11.1. The van der Waals surface area contributed by atoms with Crippen LogP contribution in [-0.4, -0.2) is 33.2 Å². The van der Waals surface area contributed by atoms with E-state index in [9.17, 15) is 14.4 Å². The molecule has 0 fully saturated rings. The monoisotopic (exact) mass is 386 g/mol. The van der Waals surface area contributed by atoms with Gasteiger partial charge in [0.1, 0.15) is 11.5 Å². The highest BCUT2D eigenvalue weighted by Gasteiger charge is 2.09. The molecule has 0 heterocycles. The Morgan fingerprint density at radius 2 is 1.36 bits per heavy atom. The third kappa shape index (κ3) is 6.33. The standard InChI is InChI=1S/C9H7ClO4.C7H5ClO3/c1-5(11)14-8-4-6(9(12)13)2-3-7(8)10;8-5-2-1-4(7(10)11)3-6(5)9/h2-4H,1H3,(H,12,13);1-3,9H,(H,10,11). The van der Waals surface area contributed by atoms with Crippen molar-refractivity contribution in [2.75, 3.05) is 0 Å². The van der Waals surface area contributed by atoms with Crippen LogP contribution < -0.4 is 4.74 Å². The van der Waals surface area contributed by atoms with Gasteiger partial charge in [0.15, 0.2) is 0 Å². The highest BCUT2D eigenvalue weighted by molar-refractivity contribution is 6.32. The van der Waals surface area contributed by atoms with Gasteiger partial charge in [-0.15, -0.1) is 0 Å². The Morgan fingerprint density at radius 3 is 1.80 bits per heavy atom. The van der Waals surface area contributed by atoms with Crippen LogP contribution in [0.2, 0.25) is 10.0 Å². The van der Waals surface area contributed by atoms with Crippen LogP contribution in [0.5, 0.6) is 11.5 Å². The van der Waals surface area contributed by atoms with E-state index in [-0.39, 0.29) is 32.7 Å². The van der Waals surface area contributed by atoms with E-state index in [1.54, 1.807) is 0 Å². The van der Waals surface area contributed by atoms with Gasteiger partial charge in [-0.25, -0.2) is 9.59 Å². The zero-order valence-electron chi connectivity index (χ0n) is 12.7. The lowest BCUT2D eigenvalue weighted by Gasteiger charge is -2.04. The number of halogens is 2. The van der Waals surface area contributed by atoms with Crippen LogP contribution in [0.25, 0.3) is 0 Å². The molecular weight excluding hydrogens is 375 g/mol. The minimum atomic E-state index is -1.10. The van der Waals surface area contributed by atoms with Gasteiger partial charge in [0, 0.05) is 6.92 Å². The Balaban J connectivity index is 0.000000257. The molecule has 0 aromatic heterocycles. The van der Waals surface area contributed by atoms with Crippen molar-refractivity contribution in [1.29, 1.82) is 0 Å². The molecule has 25 heavy (non-hydrogen) atoms. The van der Waals surface area contributed by atoms with Gasteiger partial charge in [-0.05, 0) is 36.4 Å². The summed E-state index contributed by atoms with van der Waals surface area (Å²) in [5.74, 6) is -2.90. The van der Waals surface area contributed by atoms with Gasteiger partial charge in [0.2, 0.25) is 0 Å². The maximum atomic E-state index is 10.6. The molecule has 0 aliphatic rings. The molecule has 0 radical (unpaired) electrons. The maximum absolute atomic E-state index is 10.6. The Morgan fingerprint density at radius 1 is 0.880 bits per heavy atom. The molecule has 0 unspecified atom stereocenters. The van der Waals surface area contributed by atoms with Crippen LogP contribution >= 0.6 is 23.2 Å². The van der Waals surface area contributed by atoms with E-state index in [1.165, 1.54) is 37.3 Å². The minimum Gasteiger partial charge on any atom is -0.506 e. The predicted octanol–water partition coefficient (Wildman–Crippen LogP) is 3.71. The van der Waals surface area contributed by atoms with Crippen molar-refractivity contribution in [1.82, 2.24) is 0 Å². The van der Waals surface area contributed by atoms with Gasteiger partial charge in [0.25, 0.3) is 0 Å². The Kier molecular flexibility index (Phi) is 7.22. The number of carboxylic acids is 2. The van der Waals surface area contributed by atoms with Crippen LogP contribution in [-0.2, 0) is 4.79 Å². The molecule has 132 valence electrons. The fraction of sp³-hybridized carbons (Fsp3) is 0.0625. The second-order valence-corrected chi connectivity index (χ2v) is 5.33. The Hall–Kier alpha value is -2.77. The van der Waals surface area contributed by atoms with E-state index < -0.39 is 17.9 Å². The molecule has 2 aromatic rings. The first kappa shape index (κ1) is 20.3. The van der Waals surface area contributed by atoms with Crippen molar-refractivity contribution in [2.45, 2.75) is 6.92 Å². The Labute approximate surface area is 152 Å². The van der Waals surface area contributed by atoms with E-state index in [0.717, 1.165) is 6.07 Å². The van der Waals surface area contributed by atoms with Crippen molar-refractivity contribution >= 4 is 41.1 Å². The lowest BCUT2D eigenvalue weighted by molar-refractivity contribution is -0.131. The molecule has 2 aromatic carbocycles. The van der Waals surface area contributed by atoms with Crippen molar-refractivity contribution in [3.8, 4) is 11.5 Å². The summed E-state index contributed by atoms with van der Waals surface area (Å²) in [6.45, 7) is 1.21. The van der Waals surface area contributed by atoms with Crippen molar-refractivity contribution < 1.29 is 34.4 Å². The molecule has 0 aliphatic heterocycles. The number of phenolic OH excluding ortho intramolecular Hbond substituents is 1. The number of rotatable bonds is 3. The molecule has 3 N–H and O–H groups in total. The molecule has 2 rings (SSSR count). The van der Waals surface area contributed by atoms with Gasteiger partial charge in [0.05, 0.1) is 21.2 Å². The molecule has 0 bridgehead atoms. The third-order valence-corrected chi connectivity index (χ3v) is 3.26. The lowest BCUT2D eigenvalue weighted by Crippen LogP contribution is -2.03. The summed E-state index contributed by atoms with van der Waals surface area (Å²) in [7, 11) is 0. The molecule has 0 saturated carbocycles. The van der Waals surface area contributed by atoms with E-state index in [4.69, 9.17) is 43.3 Å². The maximum Gasteiger partial charge on any atom is 0.335 e. The first-order chi connectivity index (χ1) is 11.6. The van der Waals surface area contributed by atoms with Gasteiger partial charge in [-0.2, -0.15) is 0 Å². The van der Waals surface area contributed by atoms with Gasteiger partial charge >= 0.3 is 17.9 Å². The number of hydrogen-bond donors (Lipinski definition) is 3. The summed E-state index contributed by atoms with van der Waals surface area (Å²) in [6.07, 6.45) is 0. The molecule has 9 heteroatoms. The normalized spacial score (nSPS) is 9.56. The summed E-state index contributed by atoms with van der Waals surface area (Å²) in [5, 5.41) is 26.4. The van der Waals surface area contributed by atoms with Gasteiger partial charge in [-0.1, -0.05) is 23.2 Å². The molecular formula is C16H12Cl2O7. The van der Waals surface area contributed by atoms with Gasteiger partial charge < -0.3 is 20.1 Å². The number of aromatic carboxylic acids is 2. The number of carbonyl (C=O) groups excluding carboxylic acids is 1. The molecule has 7 nitrogen and oxygen atoms in total. The number of phenols is 1. The summed E-state index contributed by atoms with van der Waals surface area (Å²) < 4.78 is 4.70. The molecule has 0 amide bonds.